The highest BCUT2D eigenvalue weighted by Gasteiger charge is 2.43. The summed E-state index contributed by atoms with van der Waals surface area (Å²) >= 11 is 0. The standard InChI is InChI=1S/C18H26N4O2/c1-4-8-18(9-10-18)21-17(23)22(2)11-7-16-19-14-6-5-13(24-3)12-15(14)20-16/h5-6,12H,4,7-11H2,1-3H3,(H,19,20)(H,21,23). The average molecular weight is 330 g/mol. The van der Waals surface area contributed by atoms with Crippen LogP contribution in [-0.4, -0.2) is 47.1 Å². The maximum atomic E-state index is 12.3. The summed E-state index contributed by atoms with van der Waals surface area (Å²) in [6.07, 6.45) is 5.07. The fourth-order valence-electron chi connectivity index (χ4n) is 3.05. The molecule has 1 aliphatic carbocycles. The number of aromatic amines is 1. The number of likely N-dealkylation sites (N-methyl/N-ethyl adjacent to an activating group) is 1. The van der Waals surface area contributed by atoms with Crippen molar-refractivity contribution < 1.29 is 9.53 Å². The monoisotopic (exact) mass is 330 g/mol. The number of methoxy groups -OCH3 is 1. The molecule has 0 spiro atoms. The van der Waals surface area contributed by atoms with E-state index in [1.54, 1.807) is 12.0 Å². The Morgan fingerprint density at radius 2 is 2.25 bits per heavy atom. The molecule has 1 heterocycles. The molecule has 6 heteroatoms. The first kappa shape index (κ1) is 16.6. The first-order chi connectivity index (χ1) is 11.5. The summed E-state index contributed by atoms with van der Waals surface area (Å²) in [6, 6.07) is 5.78. The second kappa shape index (κ2) is 6.71. The lowest BCUT2D eigenvalue weighted by Gasteiger charge is -2.22. The van der Waals surface area contributed by atoms with E-state index in [0.717, 1.165) is 48.3 Å². The first-order valence-corrected chi connectivity index (χ1v) is 8.61. The number of amides is 2. The zero-order valence-electron chi connectivity index (χ0n) is 14.7. The van der Waals surface area contributed by atoms with Crippen LogP contribution < -0.4 is 10.1 Å². The number of imidazole rings is 1. The molecular formula is C18H26N4O2. The van der Waals surface area contributed by atoms with Crippen LogP contribution in [0.2, 0.25) is 0 Å². The summed E-state index contributed by atoms with van der Waals surface area (Å²) in [6.45, 7) is 2.79. The van der Waals surface area contributed by atoms with Crippen LogP contribution in [0, 0.1) is 0 Å². The molecule has 3 rings (SSSR count). The molecule has 2 amide bonds. The number of hydrogen-bond acceptors (Lipinski definition) is 3. The van der Waals surface area contributed by atoms with Gasteiger partial charge < -0.3 is 19.9 Å². The summed E-state index contributed by atoms with van der Waals surface area (Å²) in [4.78, 5) is 21.9. The molecule has 0 radical (unpaired) electrons. The number of carbonyl (C=O) groups is 1. The predicted octanol–water partition coefficient (Wildman–Crippen LogP) is 3.09. The van der Waals surface area contributed by atoms with Gasteiger partial charge in [-0.3, -0.25) is 0 Å². The van der Waals surface area contributed by atoms with Crippen LogP contribution in [-0.2, 0) is 6.42 Å². The van der Waals surface area contributed by atoms with Crippen LogP contribution in [0.4, 0.5) is 4.79 Å². The third-order valence-electron chi connectivity index (χ3n) is 4.72. The number of ether oxygens (including phenoxy) is 1. The molecule has 24 heavy (non-hydrogen) atoms. The van der Waals surface area contributed by atoms with E-state index in [4.69, 9.17) is 4.74 Å². The Kier molecular flexibility index (Phi) is 4.64. The molecule has 1 saturated carbocycles. The summed E-state index contributed by atoms with van der Waals surface area (Å²) in [5.41, 5.74) is 1.94. The highest BCUT2D eigenvalue weighted by atomic mass is 16.5. The maximum Gasteiger partial charge on any atom is 0.317 e. The van der Waals surface area contributed by atoms with Crippen LogP contribution >= 0.6 is 0 Å². The number of carbonyl (C=O) groups excluding carboxylic acids is 1. The average Bonchev–Trinajstić information content (AvgIpc) is 3.20. The van der Waals surface area contributed by atoms with Gasteiger partial charge in [-0.2, -0.15) is 0 Å². The topological polar surface area (TPSA) is 70.2 Å². The van der Waals surface area contributed by atoms with Crippen molar-refractivity contribution in [1.82, 2.24) is 20.2 Å². The first-order valence-electron chi connectivity index (χ1n) is 8.61. The van der Waals surface area contributed by atoms with E-state index in [-0.39, 0.29) is 11.6 Å². The number of H-pyrrole nitrogens is 1. The second-order valence-corrected chi connectivity index (χ2v) is 6.70. The molecule has 6 nitrogen and oxygen atoms in total. The normalized spacial score (nSPS) is 15.3. The number of nitrogens with one attached hydrogen (secondary N) is 2. The highest BCUT2D eigenvalue weighted by Crippen LogP contribution is 2.39. The van der Waals surface area contributed by atoms with Gasteiger partial charge in [0, 0.05) is 31.6 Å². The summed E-state index contributed by atoms with van der Waals surface area (Å²) in [5, 5.41) is 3.19. The zero-order chi connectivity index (χ0) is 17.2. The number of benzene rings is 1. The highest BCUT2D eigenvalue weighted by molar-refractivity contribution is 5.77. The van der Waals surface area contributed by atoms with Gasteiger partial charge in [-0.25, -0.2) is 9.78 Å². The Labute approximate surface area is 142 Å². The van der Waals surface area contributed by atoms with Crippen molar-refractivity contribution in [1.29, 1.82) is 0 Å². The summed E-state index contributed by atoms with van der Waals surface area (Å²) < 4.78 is 5.22. The smallest absolute Gasteiger partial charge is 0.317 e. The molecular weight excluding hydrogens is 304 g/mol. The van der Waals surface area contributed by atoms with Crippen molar-refractivity contribution >= 4 is 17.1 Å². The van der Waals surface area contributed by atoms with E-state index in [0.29, 0.717) is 13.0 Å². The van der Waals surface area contributed by atoms with Gasteiger partial charge in [0.05, 0.1) is 18.1 Å². The van der Waals surface area contributed by atoms with Gasteiger partial charge in [-0.05, 0) is 31.4 Å². The van der Waals surface area contributed by atoms with Crippen LogP contribution in [0.3, 0.4) is 0 Å². The fourth-order valence-corrected chi connectivity index (χ4v) is 3.05. The molecule has 0 saturated heterocycles. The molecule has 1 fully saturated rings. The fraction of sp³-hybridized carbons (Fsp3) is 0.556. The zero-order valence-corrected chi connectivity index (χ0v) is 14.7. The van der Waals surface area contributed by atoms with Crippen molar-refractivity contribution in [2.24, 2.45) is 0 Å². The van der Waals surface area contributed by atoms with Crippen LogP contribution in [0.1, 0.15) is 38.4 Å². The van der Waals surface area contributed by atoms with E-state index in [2.05, 4.69) is 22.2 Å². The van der Waals surface area contributed by atoms with Gasteiger partial charge in [-0.1, -0.05) is 13.3 Å². The van der Waals surface area contributed by atoms with Gasteiger partial charge in [0.2, 0.25) is 0 Å². The van der Waals surface area contributed by atoms with Crippen LogP contribution in [0.15, 0.2) is 18.2 Å². The Morgan fingerprint density at radius 1 is 1.46 bits per heavy atom. The number of aromatic nitrogens is 2. The Hall–Kier alpha value is -2.24. The SMILES string of the molecule is CCCC1(NC(=O)N(C)CCc2nc3ccc(OC)cc3[nH]2)CC1. The van der Waals surface area contributed by atoms with E-state index in [9.17, 15) is 4.79 Å². The summed E-state index contributed by atoms with van der Waals surface area (Å²) in [5.74, 6) is 1.69. The lowest BCUT2D eigenvalue weighted by atomic mass is 10.1. The van der Waals surface area contributed by atoms with Gasteiger partial charge in [0.25, 0.3) is 0 Å². The molecule has 1 aliphatic rings. The minimum atomic E-state index is 0.0127. The number of rotatable bonds is 7. The van der Waals surface area contributed by atoms with Gasteiger partial charge >= 0.3 is 6.03 Å². The molecule has 0 aliphatic heterocycles. The summed E-state index contributed by atoms with van der Waals surface area (Å²) in [7, 11) is 3.49. The lowest BCUT2D eigenvalue weighted by molar-refractivity contribution is 0.202. The van der Waals surface area contributed by atoms with Crippen molar-refractivity contribution in [3.8, 4) is 5.75 Å². The van der Waals surface area contributed by atoms with Gasteiger partial charge in [0.1, 0.15) is 11.6 Å². The van der Waals surface area contributed by atoms with Crippen molar-refractivity contribution in [3.05, 3.63) is 24.0 Å². The molecule has 0 bridgehead atoms. The molecule has 1 aromatic carbocycles. The number of fused-ring (bicyclic) bond motifs is 1. The minimum absolute atomic E-state index is 0.0127. The second-order valence-electron chi connectivity index (χ2n) is 6.70. The maximum absolute atomic E-state index is 12.3. The Morgan fingerprint density at radius 3 is 2.92 bits per heavy atom. The lowest BCUT2D eigenvalue weighted by Crippen LogP contribution is -2.45. The predicted molar refractivity (Wildman–Crippen MR) is 94.4 cm³/mol. The minimum Gasteiger partial charge on any atom is -0.497 e. The number of urea groups is 1. The van der Waals surface area contributed by atoms with Gasteiger partial charge in [-0.15, -0.1) is 0 Å². The Balaban J connectivity index is 1.56. The number of nitrogens with zero attached hydrogens (tertiary/aromatic N) is 2. The molecule has 1 aromatic heterocycles. The third-order valence-corrected chi connectivity index (χ3v) is 4.72. The van der Waals surface area contributed by atoms with Crippen LogP contribution in [0.5, 0.6) is 5.75 Å². The molecule has 2 N–H and O–H groups in total. The van der Waals surface area contributed by atoms with Crippen molar-refractivity contribution in [2.75, 3.05) is 20.7 Å². The van der Waals surface area contributed by atoms with E-state index in [1.807, 2.05) is 25.2 Å². The van der Waals surface area contributed by atoms with E-state index in [1.165, 1.54) is 0 Å². The van der Waals surface area contributed by atoms with Crippen molar-refractivity contribution in [3.63, 3.8) is 0 Å². The molecule has 2 aromatic rings. The Bertz CT molecular complexity index is 721. The van der Waals surface area contributed by atoms with E-state index >= 15 is 0 Å². The third kappa shape index (κ3) is 3.63. The van der Waals surface area contributed by atoms with E-state index < -0.39 is 0 Å². The van der Waals surface area contributed by atoms with Crippen molar-refractivity contribution in [2.45, 2.75) is 44.6 Å². The van der Waals surface area contributed by atoms with Gasteiger partial charge in [0.15, 0.2) is 0 Å². The molecule has 130 valence electrons. The quantitative estimate of drug-likeness (QED) is 0.819. The largest absolute Gasteiger partial charge is 0.497 e. The molecule has 0 unspecified atom stereocenters. The van der Waals surface area contributed by atoms with Crippen LogP contribution in [0.25, 0.3) is 11.0 Å². The molecule has 0 atom stereocenters. The number of hydrogen-bond donors (Lipinski definition) is 2.